The second kappa shape index (κ2) is 7.55. The topological polar surface area (TPSA) is 91.4 Å². The van der Waals surface area contributed by atoms with Crippen molar-refractivity contribution in [3.63, 3.8) is 0 Å². The fourth-order valence-corrected chi connectivity index (χ4v) is 1.82. The second-order valence-corrected chi connectivity index (χ2v) is 4.99. The highest BCUT2D eigenvalue weighted by Crippen LogP contribution is 2.11. The number of benzene rings is 1. The number of ketones is 1. The number of hydrogen-bond acceptors (Lipinski definition) is 4. The van der Waals surface area contributed by atoms with Gasteiger partial charge in [0.2, 0.25) is 0 Å². The number of H-pyrrole nitrogens is 1. The lowest BCUT2D eigenvalue weighted by atomic mass is 10.2. The van der Waals surface area contributed by atoms with E-state index in [4.69, 9.17) is 4.74 Å². The lowest BCUT2D eigenvalue weighted by molar-refractivity contribution is 0.0840. The molecule has 0 saturated carbocycles. The Morgan fingerprint density at radius 3 is 2.65 bits per heavy atom. The van der Waals surface area contributed by atoms with Gasteiger partial charge >= 0.3 is 0 Å². The van der Waals surface area contributed by atoms with Crippen LogP contribution in [0.1, 0.15) is 27.8 Å². The highest BCUT2D eigenvalue weighted by atomic mass is 19.1. The number of carbonyl (C=O) groups is 2. The summed E-state index contributed by atoms with van der Waals surface area (Å²) in [6.45, 7) is 1.34. The number of halogens is 1. The van der Waals surface area contributed by atoms with Crippen molar-refractivity contribution >= 4 is 11.7 Å². The predicted octanol–water partition coefficient (Wildman–Crippen LogP) is 1.53. The zero-order valence-corrected chi connectivity index (χ0v) is 12.5. The molecule has 0 aliphatic rings. The van der Waals surface area contributed by atoms with Gasteiger partial charge in [-0.15, -0.1) is 0 Å². The molecule has 6 nitrogen and oxygen atoms in total. The summed E-state index contributed by atoms with van der Waals surface area (Å²) in [7, 11) is 0. The van der Waals surface area contributed by atoms with E-state index in [1.165, 1.54) is 43.5 Å². The number of aromatic amines is 1. The third kappa shape index (κ3) is 4.93. The normalized spacial score (nSPS) is 11.8. The first kappa shape index (κ1) is 16.7. The summed E-state index contributed by atoms with van der Waals surface area (Å²) in [5.41, 5.74) is 0.650. The van der Waals surface area contributed by atoms with Gasteiger partial charge in [-0.25, -0.2) is 4.39 Å². The van der Waals surface area contributed by atoms with Crippen LogP contribution in [0.25, 0.3) is 0 Å². The van der Waals surface area contributed by atoms with Crippen molar-refractivity contribution in [1.29, 1.82) is 0 Å². The largest absolute Gasteiger partial charge is 0.491 e. The SMILES string of the molecule is CC(=O)c1c[nH]c(C(=O)NC[C@H](O)COc2ccc(F)cc2)c1. The van der Waals surface area contributed by atoms with Crippen LogP contribution in [-0.4, -0.2) is 41.0 Å². The minimum Gasteiger partial charge on any atom is -0.491 e. The molecule has 1 aromatic heterocycles. The Balaban J connectivity index is 1.76. The number of ether oxygens (including phenoxy) is 1. The molecular weight excluding hydrogens is 303 g/mol. The van der Waals surface area contributed by atoms with Crippen molar-refractivity contribution in [3.8, 4) is 5.75 Å². The number of Topliss-reactive ketones (excluding diaryl/α,β-unsaturated/α-hetero) is 1. The molecule has 0 saturated heterocycles. The van der Waals surface area contributed by atoms with Crippen LogP contribution in [0, 0.1) is 5.82 Å². The van der Waals surface area contributed by atoms with Crippen molar-refractivity contribution in [2.45, 2.75) is 13.0 Å². The van der Waals surface area contributed by atoms with E-state index < -0.39 is 12.0 Å². The zero-order chi connectivity index (χ0) is 16.8. The molecule has 0 aliphatic heterocycles. The molecule has 0 aliphatic carbocycles. The van der Waals surface area contributed by atoms with Crippen molar-refractivity contribution in [1.82, 2.24) is 10.3 Å². The summed E-state index contributed by atoms with van der Waals surface area (Å²) < 4.78 is 18.0. The maximum absolute atomic E-state index is 12.7. The van der Waals surface area contributed by atoms with Gasteiger partial charge in [0.05, 0.1) is 0 Å². The molecule has 2 aromatic rings. The molecule has 0 radical (unpaired) electrons. The van der Waals surface area contributed by atoms with Crippen LogP contribution in [-0.2, 0) is 0 Å². The number of nitrogens with one attached hydrogen (secondary N) is 2. The molecule has 0 spiro atoms. The summed E-state index contributed by atoms with van der Waals surface area (Å²) >= 11 is 0. The lowest BCUT2D eigenvalue weighted by Crippen LogP contribution is -2.35. The monoisotopic (exact) mass is 320 g/mol. The molecule has 1 atom stereocenters. The molecule has 7 heteroatoms. The average molecular weight is 320 g/mol. The highest BCUT2D eigenvalue weighted by molar-refractivity contribution is 5.99. The Morgan fingerprint density at radius 2 is 2.04 bits per heavy atom. The molecule has 2 rings (SSSR count). The number of aliphatic hydroxyl groups is 1. The van der Waals surface area contributed by atoms with Crippen LogP contribution in [0.4, 0.5) is 4.39 Å². The molecule has 0 fully saturated rings. The molecule has 0 bridgehead atoms. The van der Waals surface area contributed by atoms with E-state index in [1.807, 2.05) is 0 Å². The highest BCUT2D eigenvalue weighted by Gasteiger charge is 2.12. The Hall–Kier alpha value is -2.67. The van der Waals surface area contributed by atoms with Crippen LogP contribution in [0.2, 0.25) is 0 Å². The molecular formula is C16H17FN2O4. The standard InChI is InChI=1S/C16H17FN2O4/c1-10(20)11-6-15(18-7-11)16(22)19-8-13(21)9-23-14-4-2-12(17)3-5-14/h2-7,13,18,21H,8-9H2,1H3,(H,19,22)/t13-/m0/s1. The Morgan fingerprint density at radius 1 is 1.35 bits per heavy atom. The number of hydrogen-bond donors (Lipinski definition) is 3. The van der Waals surface area contributed by atoms with E-state index >= 15 is 0 Å². The number of aromatic nitrogens is 1. The number of amides is 1. The first-order valence-corrected chi connectivity index (χ1v) is 6.99. The van der Waals surface area contributed by atoms with Crippen molar-refractivity contribution in [3.05, 3.63) is 53.6 Å². The van der Waals surface area contributed by atoms with Gasteiger partial charge in [0.25, 0.3) is 5.91 Å². The molecule has 3 N–H and O–H groups in total. The van der Waals surface area contributed by atoms with Crippen molar-refractivity contribution < 1.29 is 23.8 Å². The summed E-state index contributed by atoms with van der Waals surface area (Å²) in [4.78, 5) is 25.7. The second-order valence-electron chi connectivity index (χ2n) is 4.99. The molecule has 1 heterocycles. The van der Waals surface area contributed by atoms with Gasteiger partial charge in [0.1, 0.15) is 30.0 Å². The minimum absolute atomic E-state index is 0.0194. The van der Waals surface area contributed by atoms with Crippen LogP contribution in [0.3, 0.4) is 0 Å². The number of carbonyl (C=O) groups excluding carboxylic acids is 2. The fourth-order valence-electron chi connectivity index (χ4n) is 1.82. The zero-order valence-electron chi connectivity index (χ0n) is 12.5. The fraction of sp³-hybridized carbons (Fsp3) is 0.250. The van der Waals surface area contributed by atoms with Gasteiger partial charge in [0.15, 0.2) is 5.78 Å². The Bertz CT molecular complexity index is 682. The van der Waals surface area contributed by atoms with Gasteiger partial charge < -0.3 is 20.1 Å². The summed E-state index contributed by atoms with van der Waals surface area (Å²) in [6, 6.07) is 6.84. The minimum atomic E-state index is -0.925. The maximum Gasteiger partial charge on any atom is 0.267 e. The van der Waals surface area contributed by atoms with Gasteiger partial charge in [-0.2, -0.15) is 0 Å². The molecule has 1 amide bonds. The van der Waals surface area contributed by atoms with E-state index in [-0.39, 0.29) is 30.4 Å². The first-order valence-electron chi connectivity index (χ1n) is 6.99. The van der Waals surface area contributed by atoms with Gasteiger partial charge in [-0.05, 0) is 37.3 Å². The van der Waals surface area contributed by atoms with Crippen LogP contribution in [0.5, 0.6) is 5.75 Å². The number of aliphatic hydroxyl groups excluding tert-OH is 1. The van der Waals surface area contributed by atoms with Gasteiger partial charge in [-0.1, -0.05) is 0 Å². The Kier molecular flexibility index (Phi) is 5.48. The summed E-state index contributed by atoms with van der Waals surface area (Å²) in [6.07, 6.45) is 0.525. The number of rotatable bonds is 7. The third-order valence-electron chi connectivity index (χ3n) is 3.09. The first-order chi connectivity index (χ1) is 11.0. The quantitative estimate of drug-likeness (QED) is 0.675. The van der Waals surface area contributed by atoms with E-state index in [0.29, 0.717) is 11.3 Å². The predicted molar refractivity (Wildman–Crippen MR) is 81.0 cm³/mol. The van der Waals surface area contributed by atoms with Gasteiger partial charge in [0, 0.05) is 18.3 Å². The van der Waals surface area contributed by atoms with E-state index in [9.17, 15) is 19.1 Å². The lowest BCUT2D eigenvalue weighted by Gasteiger charge is -2.13. The maximum atomic E-state index is 12.7. The van der Waals surface area contributed by atoms with Crippen LogP contribution in [0.15, 0.2) is 36.5 Å². The molecule has 1 aromatic carbocycles. The van der Waals surface area contributed by atoms with E-state index in [2.05, 4.69) is 10.3 Å². The van der Waals surface area contributed by atoms with Crippen molar-refractivity contribution in [2.24, 2.45) is 0 Å². The van der Waals surface area contributed by atoms with Gasteiger partial charge in [-0.3, -0.25) is 9.59 Å². The molecule has 23 heavy (non-hydrogen) atoms. The van der Waals surface area contributed by atoms with E-state index in [0.717, 1.165) is 0 Å². The molecule has 122 valence electrons. The summed E-state index contributed by atoms with van der Waals surface area (Å²) in [5.74, 6) is -0.528. The summed E-state index contributed by atoms with van der Waals surface area (Å²) in [5, 5.41) is 12.3. The average Bonchev–Trinajstić information content (AvgIpc) is 3.02. The third-order valence-corrected chi connectivity index (χ3v) is 3.09. The molecule has 0 unspecified atom stereocenters. The van der Waals surface area contributed by atoms with E-state index in [1.54, 1.807) is 0 Å². The smallest absolute Gasteiger partial charge is 0.267 e. The Labute approximate surface area is 132 Å². The van der Waals surface area contributed by atoms with Crippen LogP contribution >= 0.6 is 0 Å². The van der Waals surface area contributed by atoms with Crippen molar-refractivity contribution in [2.75, 3.05) is 13.2 Å². The van der Waals surface area contributed by atoms with Crippen LogP contribution < -0.4 is 10.1 Å².